The van der Waals surface area contributed by atoms with E-state index in [0.717, 1.165) is 30.5 Å². The van der Waals surface area contributed by atoms with Crippen LogP contribution in [0, 0.1) is 25.7 Å². The Hall–Kier alpha value is -2.44. The summed E-state index contributed by atoms with van der Waals surface area (Å²) in [6.45, 7) is 5.19. The number of nitrogens with zero attached hydrogens (tertiary/aromatic N) is 2. The molecule has 2 saturated heterocycles. The van der Waals surface area contributed by atoms with E-state index < -0.39 is 0 Å². The first-order valence-corrected chi connectivity index (χ1v) is 8.75. The van der Waals surface area contributed by atoms with Crippen molar-refractivity contribution in [3.8, 4) is 0 Å². The van der Waals surface area contributed by atoms with E-state index in [-0.39, 0.29) is 23.8 Å². The molecule has 0 spiro atoms. The molecule has 1 unspecified atom stereocenters. The summed E-state index contributed by atoms with van der Waals surface area (Å²) in [5.74, 6) is 0.437. The first kappa shape index (κ1) is 17.4. The Morgan fingerprint density at radius 1 is 1.28 bits per heavy atom. The topological polar surface area (TPSA) is 91.4 Å². The molecule has 0 radical (unpaired) electrons. The van der Waals surface area contributed by atoms with Crippen molar-refractivity contribution in [3.05, 3.63) is 23.4 Å². The summed E-state index contributed by atoms with van der Waals surface area (Å²) in [6, 6.07) is 3.68. The molecule has 2 fully saturated rings. The number of urea groups is 1. The van der Waals surface area contributed by atoms with Gasteiger partial charge in [0.05, 0.1) is 0 Å². The van der Waals surface area contributed by atoms with Gasteiger partial charge in [-0.15, -0.1) is 0 Å². The molecule has 7 nitrogen and oxygen atoms in total. The maximum atomic E-state index is 12.4. The molecular formula is C18H24N4O3. The summed E-state index contributed by atoms with van der Waals surface area (Å²) in [5, 5.41) is 5.22. The standard InChI is InChI=1S/C18H24N4O3/c1-11-7-12(2)19-15(8-11)20-18(25)22-5-3-13(4-6-22)9-14-10-16(23)21-17(14)24/h7-8,13-14H,3-6,9-10H2,1-2H3,(H,19,20,25)(H,21,23,24). The fourth-order valence-electron chi connectivity index (χ4n) is 3.67. The van der Waals surface area contributed by atoms with E-state index in [9.17, 15) is 14.4 Å². The lowest BCUT2D eigenvalue weighted by Gasteiger charge is -2.32. The summed E-state index contributed by atoms with van der Waals surface area (Å²) in [5.41, 5.74) is 1.93. The smallest absolute Gasteiger partial charge is 0.323 e. The molecule has 0 aliphatic carbocycles. The van der Waals surface area contributed by atoms with Crippen LogP contribution >= 0.6 is 0 Å². The Labute approximate surface area is 147 Å². The Kier molecular flexibility index (Phi) is 5.01. The summed E-state index contributed by atoms with van der Waals surface area (Å²) in [6.07, 6.45) is 2.74. The van der Waals surface area contributed by atoms with E-state index in [0.29, 0.717) is 31.2 Å². The minimum absolute atomic E-state index is 0.135. The van der Waals surface area contributed by atoms with Gasteiger partial charge in [0.2, 0.25) is 11.8 Å². The number of piperidine rings is 1. The second-order valence-corrected chi connectivity index (χ2v) is 7.08. The highest BCUT2D eigenvalue weighted by molar-refractivity contribution is 6.03. The Morgan fingerprint density at radius 3 is 2.60 bits per heavy atom. The molecule has 2 N–H and O–H groups in total. The van der Waals surface area contributed by atoms with Crippen molar-refractivity contribution >= 4 is 23.7 Å². The van der Waals surface area contributed by atoms with Gasteiger partial charge in [-0.3, -0.25) is 20.2 Å². The van der Waals surface area contributed by atoms with Gasteiger partial charge < -0.3 is 4.90 Å². The number of aromatic nitrogens is 1. The number of carbonyl (C=O) groups excluding carboxylic acids is 3. The van der Waals surface area contributed by atoms with Crippen molar-refractivity contribution in [2.45, 2.75) is 39.5 Å². The number of aryl methyl sites for hydroxylation is 2. The van der Waals surface area contributed by atoms with Crippen LogP contribution in [0.3, 0.4) is 0 Å². The van der Waals surface area contributed by atoms with Crippen LogP contribution in [-0.4, -0.2) is 40.8 Å². The van der Waals surface area contributed by atoms with E-state index in [4.69, 9.17) is 0 Å². The molecule has 7 heteroatoms. The zero-order chi connectivity index (χ0) is 18.0. The lowest BCUT2D eigenvalue weighted by Crippen LogP contribution is -2.41. The second kappa shape index (κ2) is 7.21. The number of rotatable bonds is 3. The third-order valence-corrected chi connectivity index (χ3v) is 4.92. The van der Waals surface area contributed by atoms with Crippen molar-refractivity contribution < 1.29 is 14.4 Å². The number of hydrogen-bond donors (Lipinski definition) is 2. The first-order chi connectivity index (χ1) is 11.9. The highest BCUT2D eigenvalue weighted by Crippen LogP contribution is 2.28. The quantitative estimate of drug-likeness (QED) is 0.821. The molecule has 3 heterocycles. The molecule has 1 atom stereocenters. The fourth-order valence-corrected chi connectivity index (χ4v) is 3.67. The Balaban J connectivity index is 1.49. The molecule has 1 aromatic rings. The third-order valence-electron chi connectivity index (χ3n) is 4.92. The average Bonchev–Trinajstić information content (AvgIpc) is 2.84. The van der Waals surface area contributed by atoms with Gasteiger partial charge in [-0.25, -0.2) is 9.78 Å². The van der Waals surface area contributed by atoms with Crippen LogP contribution in [-0.2, 0) is 9.59 Å². The van der Waals surface area contributed by atoms with E-state index in [1.54, 1.807) is 4.90 Å². The summed E-state index contributed by atoms with van der Waals surface area (Å²) in [4.78, 5) is 41.5. The molecule has 4 amide bonds. The molecule has 2 aliphatic rings. The highest BCUT2D eigenvalue weighted by atomic mass is 16.2. The fraction of sp³-hybridized carbons (Fsp3) is 0.556. The summed E-state index contributed by atoms with van der Waals surface area (Å²) >= 11 is 0. The predicted molar refractivity (Wildman–Crippen MR) is 92.9 cm³/mol. The van der Waals surface area contributed by atoms with Gasteiger partial charge in [-0.2, -0.15) is 0 Å². The number of imide groups is 1. The minimum atomic E-state index is -0.197. The van der Waals surface area contributed by atoms with E-state index in [2.05, 4.69) is 15.6 Å². The van der Waals surface area contributed by atoms with Crippen LogP contribution in [0.15, 0.2) is 12.1 Å². The van der Waals surface area contributed by atoms with Crippen LogP contribution < -0.4 is 10.6 Å². The molecule has 2 aliphatic heterocycles. The van der Waals surface area contributed by atoms with Crippen LogP contribution in [0.4, 0.5) is 10.6 Å². The molecule has 134 valence electrons. The van der Waals surface area contributed by atoms with Crippen LogP contribution in [0.2, 0.25) is 0 Å². The number of amides is 4. The first-order valence-electron chi connectivity index (χ1n) is 8.75. The number of likely N-dealkylation sites (tertiary alicyclic amines) is 1. The molecular weight excluding hydrogens is 320 g/mol. The van der Waals surface area contributed by atoms with Gasteiger partial charge in [0.15, 0.2) is 0 Å². The van der Waals surface area contributed by atoms with Gasteiger partial charge in [0, 0.05) is 31.1 Å². The number of anilines is 1. The third kappa shape index (κ3) is 4.35. The summed E-state index contributed by atoms with van der Waals surface area (Å²) in [7, 11) is 0. The van der Waals surface area contributed by atoms with Gasteiger partial charge >= 0.3 is 6.03 Å². The predicted octanol–water partition coefficient (Wildman–Crippen LogP) is 2.00. The van der Waals surface area contributed by atoms with Gasteiger partial charge in [0.1, 0.15) is 5.82 Å². The number of carbonyl (C=O) groups is 3. The van der Waals surface area contributed by atoms with Gasteiger partial charge in [-0.05, 0) is 56.7 Å². The van der Waals surface area contributed by atoms with Crippen molar-refractivity contribution in [2.75, 3.05) is 18.4 Å². The van der Waals surface area contributed by atoms with E-state index in [1.807, 2.05) is 26.0 Å². The minimum Gasteiger partial charge on any atom is -0.324 e. The molecule has 1 aromatic heterocycles. The number of hydrogen-bond acceptors (Lipinski definition) is 4. The molecule has 25 heavy (non-hydrogen) atoms. The molecule has 0 saturated carbocycles. The number of nitrogens with one attached hydrogen (secondary N) is 2. The number of pyridine rings is 1. The molecule has 0 bridgehead atoms. The van der Waals surface area contributed by atoms with Crippen molar-refractivity contribution in [2.24, 2.45) is 11.8 Å². The van der Waals surface area contributed by atoms with Crippen LogP contribution in [0.5, 0.6) is 0 Å². The second-order valence-electron chi connectivity index (χ2n) is 7.08. The maximum Gasteiger partial charge on any atom is 0.323 e. The van der Waals surface area contributed by atoms with Crippen LogP contribution in [0.25, 0.3) is 0 Å². The SMILES string of the molecule is Cc1cc(C)nc(NC(=O)N2CCC(CC3CC(=O)NC3=O)CC2)c1. The monoisotopic (exact) mass is 344 g/mol. The normalized spacial score (nSPS) is 21.4. The zero-order valence-electron chi connectivity index (χ0n) is 14.7. The van der Waals surface area contributed by atoms with Crippen molar-refractivity contribution in [1.29, 1.82) is 0 Å². The zero-order valence-corrected chi connectivity index (χ0v) is 14.7. The van der Waals surface area contributed by atoms with E-state index >= 15 is 0 Å². The Morgan fingerprint density at radius 2 is 2.00 bits per heavy atom. The average molecular weight is 344 g/mol. The Bertz CT molecular complexity index is 675. The van der Waals surface area contributed by atoms with Crippen molar-refractivity contribution in [1.82, 2.24) is 15.2 Å². The highest BCUT2D eigenvalue weighted by Gasteiger charge is 2.33. The van der Waals surface area contributed by atoms with Crippen LogP contribution in [0.1, 0.15) is 36.9 Å². The summed E-state index contributed by atoms with van der Waals surface area (Å²) < 4.78 is 0. The van der Waals surface area contributed by atoms with E-state index in [1.165, 1.54) is 0 Å². The lowest BCUT2D eigenvalue weighted by atomic mass is 9.86. The van der Waals surface area contributed by atoms with Gasteiger partial charge in [0.25, 0.3) is 0 Å². The molecule has 0 aromatic carbocycles. The molecule has 3 rings (SSSR count). The lowest BCUT2D eigenvalue weighted by molar-refractivity contribution is -0.126. The van der Waals surface area contributed by atoms with Gasteiger partial charge in [-0.1, -0.05) is 0 Å². The maximum absolute atomic E-state index is 12.4. The van der Waals surface area contributed by atoms with Crippen molar-refractivity contribution in [3.63, 3.8) is 0 Å². The largest absolute Gasteiger partial charge is 0.324 e.